The molecule has 0 amide bonds. The van der Waals surface area contributed by atoms with Crippen molar-refractivity contribution in [1.82, 2.24) is 9.80 Å². The number of likely N-dealkylation sites (N-methyl/N-ethyl adjacent to an activating group) is 1. The first-order valence-corrected chi connectivity index (χ1v) is 9.01. The van der Waals surface area contributed by atoms with Crippen LogP contribution in [0.4, 0.5) is 0 Å². The molecule has 0 aliphatic carbocycles. The highest BCUT2D eigenvalue weighted by Crippen LogP contribution is 2.27. The van der Waals surface area contributed by atoms with E-state index in [1.807, 2.05) is 11.8 Å². The maximum Gasteiger partial charge on any atom is 0.317 e. The van der Waals surface area contributed by atoms with E-state index in [0.29, 0.717) is 28.4 Å². The predicted octanol–water partition coefficient (Wildman–Crippen LogP) is 3.66. The second-order valence-corrected chi connectivity index (χ2v) is 6.80. The highest BCUT2D eigenvalue weighted by molar-refractivity contribution is 6.34. The van der Waals surface area contributed by atoms with Gasteiger partial charge in [-0.25, -0.2) is 0 Å². The summed E-state index contributed by atoms with van der Waals surface area (Å²) in [6.07, 6.45) is 1.97. The number of halogens is 3. The Kier molecular flexibility index (Phi) is 9.90. The Morgan fingerprint density at radius 1 is 1.36 bits per heavy atom. The largest absolute Gasteiger partial charge is 0.491 e. The van der Waals surface area contributed by atoms with E-state index in [0.717, 1.165) is 39.0 Å². The Bertz CT molecular complexity index is 552. The van der Waals surface area contributed by atoms with Crippen molar-refractivity contribution in [3.63, 3.8) is 0 Å². The molecule has 1 saturated heterocycles. The van der Waals surface area contributed by atoms with E-state index in [-0.39, 0.29) is 19.0 Å². The molecule has 25 heavy (non-hydrogen) atoms. The molecule has 2 rings (SSSR count). The molecule has 8 heteroatoms. The summed E-state index contributed by atoms with van der Waals surface area (Å²) in [6, 6.07) is 5.54. The molecule has 0 saturated carbocycles. The maximum atomic E-state index is 10.9. The lowest BCUT2D eigenvalue weighted by molar-refractivity contribution is -0.139. The first kappa shape index (κ1) is 22.3. The van der Waals surface area contributed by atoms with Crippen LogP contribution in [0.1, 0.15) is 19.8 Å². The first-order chi connectivity index (χ1) is 11.5. The summed E-state index contributed by atoms with van der Waals surface area (Å²) in [4.78, 5) is 15.3. The van der Waals surface area contributed by atoms with Gasteiger partial charge in [-0.2, -0.15) is 0 Å². The van der Waals surface area contributed by atoms with Crippen molar-refractivity contribution in [2.24, 2.45) is 0 Å². The Balaban J connectivity index is 0.00000312. The molecule has 0 bridgehead atoms. The summed E-state index contributed by atoms with van der Waals surface area (Å²) in [5, 5.41) is 10.1. The molecule has 0 radical (unpaired) electrons. The standard InChI is InChI=1S/C17H24Cl2N2O3.ClH/c1-2-21(12-17(22)23)14-5-7-20(8-6-14)9-10-24-16-11-13(18)3-4-15(16)19;/h3-4,11,14H,2,5-10,12H2,1H3,(H,22,23);1H. The Hall–Kier alpha value is -0.720. The molecule has 1 fully saturated rings. The van der Waals surface area contributed by atoms with Gasteiger partial charge in [-0.05, 0) is 44.6 Å². The van der Waals surface area contributed by atoms with Crippen molar-refractivity contribution < 1.29 is 14.6 Å². The highest BCUT2D eigenvalue weighted by Gasteiger charge is 2.24. The number of likely N-dealkylation sites (tertiary alicyclic amines) is 1. The van der Waals surface area contributed by atoms with E-state index < -0.39 is 5.97 Å². The van der Waals surface area contributed by atoms with Crippen LogP contribution in [0, 0.1) is 0 Å². The van der Waals surface area contributed by atoms with Gasteiger partial charge >= 0.3 is 5.97 Å². The quantitative estimate of drug-likeness (QED) is 0.707. The number of rotatable bonds is 8. The molecule has 1 aromatic carbocycles. The van der Waals surface area contributed by atoms with E-state index in [1.54, 1.807) is 18.2 Å². The molecule has 5 nitrogen and oxygen atoms in total. The van der Waals surface area contributed by atoms with Gasteiger partial charge in [0.05, 0.1) is 11.6 Å². The van der Waals surface area contributed by atoms with Crippen LogP contribution in [-0.2, 0) is 4.79 Å². The lowest BCUT2D eigenvalue weighted by Crippen LogP contribution is -2.47. The molecule has 142 valence electrons. The molecule has 0 spiro atoms. The van der Waals surface area contributed by atoms with Crippen LogP contribution in [0.15, 0.2) is 18.2 Å². The fourth-order valence-corrected chi connectivity index (χ4v) is 3.39. The van der Waals surface area contributed by atoms with Gasteiger partial charge in [-0.15, -0.1) is 12.4 Å². The monoisotopic (exact) mass is 410 g/mol. The molecular formula is C17H25Cl3N2O3. The van der Waals surface area contributed by atoms with Gasteiger partial charge < -0.3 is 9.84 Å². The van der Waals surface area contributed by atoms with E-state index >= 15 is 0 Å². The summed E-state index contributed by atoms with van der Waals surface area (Å²) >= 11 is 12.0. The topological polar surface area (TPSA) is 53.0 Å². The van der Waals surface area contributed by atoms with Crippen molar-refractivity contribution in [1.29, 1.82) is 0 Å². The minimum absolute atomic E-state index is 0. The highest BCUT2D eigenvalue weighted by atomic mass is 35.5. The van der Waals surface area contributed by atoms with Crippen molar-refractivity contribution in [3.05, 3.63) is 28.2 Å². The fraction of sp³-hybridized carbons (Fsp3) is 0.588. The average molecular weight is 412 g/mol. The van der Waals surface area contributed by atoms with E-state index in [9.17, 15) is 4.79 Å². The van der Waals surface area contributed by atoms with Gasteiger partial charge in [0, 0.05) is 23.7 Å². The van der Waals surface area contributed by atoms with E-state index in [4.69, 9.17) is 33.0 Å². The Morgan fingerprint density at radius 3 is 2.64 bits per heavy atom. The predicted molar refractivity (Wildman–Crippen MR) is 104 cm³/mol. The number of nitrogens with zero attached hydrogens (tertiary/aromatic N) is 2. The molecular weight excluding hydrogens is 387 g/mol. The number of hydrogen-bond acceptors (Lipinski definition) is 4. The maximum absolute atomic E-state index is 10.9. The van der Waals surface area contributed by atoms with Crippen LogP contribution >= 0.6 is 35.6 Å². The number of piperidine rings is 1. The normalized spacial score (nSPS) is 15.8. The third-order valence-corrected chi connectivity index (χ3v) is 4.92. The molecule has 1 aromatic rings. The summed E-state index contributed by atoms with van der Waals surface area (Å²) in [6.45, 7) is 6.18. The van der Waals surface area contributed by atoms with Crippen LogP contribution in [-0.4, -0.2) is 66.2 Å². The third kappa shape index (κ3) is 7.19. The van der Waals surface area contributed by atoms with Gasteiger partial charge in [0.25, 0.3) is 0 Å². The summed E-state index contributed by atoms with van der Waals surface area (Å²) in [5.41, 5.74) is 0. The number of benzene rings is 1. The van der Waals surface area contributed by atoms with Crippen molar-refractivity contribution >= 4 is 41.6 Å². The number of carboxylic acids is 1. The minimum Gasteiger partial charge on any atom is -0.491 e. The molecule has 0 unspecified atom stereocenters. The summed E-state index contributed by atoms with van der Waals surface area (Å²) in [7, 11) is 0. The van der Waals surface area contributed by atoms with Crippen LogP contribution in [0.5, 0.6) is 5.75 Å². The zero-order chi connectivity index (χ0) is 17.5. The minimum atomic E-state index is -0.758. The molecule has 1 aliphatic heterocycles. The zero-order valence-electron chi connectivity index (χ0n) is 14.3. The second-order valence-electron chi connectivity index (χ2n) is 5.95. The SMILES string of the molecule is CCN(CC(=O)O)C1CCN(CCOc2cc(Cl)ccc2Cl)CC1.Cl. The smallest absolute Gasteiger partial charge is 0.317 e. The van der Waals surface area contributed by atoms with Gasteiger partial charge in [-0.3, -0.25) is 14.6 Å². The molecule has 1 aliphatic rings. The van der Waals surface area contributed by atoms with Crippen LogP contribution < -0.4 is 4.74 Å². The fourth-order valence-electron chi connectivity index (χ4n) is 3.05. The van der Waals surface area contributed by atoms with Gasteiger partial charge in [0.2, 0.25) is 0 Å². The third-order valence-electron chi connectivity index (χ3n) is 4.38. The zero-order valence-corrected chi connectivity index (χ0v) is 16.6. The number of carboxylic acid groups (broad SMARTS) is 1. The second kappa shape index (κ2) is 11.1. The Labute approximate surface area is 165 Å². The molecule has 0 atom stereocenters. The summed E-state index contributed by atoms with van der Waals surface area (Å²) in [5.74, 6) is -0.149. The lowest BCUT2D eigenvalue weighted by atomic mass is 10.0. The lowest BCUT2D eigenvalue weighted by Gasteiger charge is -2.37. The summed E-state index contributed by atoms with van der Waals surface area (Å²) < 4.78 is 5.72. The van der Waals surface area contributed by atoms with Gasteiger partial charge in [0.1, 0.15) is 12.4 Å². The van der Waals surface area contributed by atoms with Crippen molar-refractivity contribution in [2.75, 3.05) is 39.3 Å². The first-order valence-electron chi connectivity index (χ1n) is 8.25. The molecule has 0 aromatic heterocycles. The van der Waals surface area contributed by atoms with E-state index in [2.05, 4.69) is 4.90 Å². The molecule has 1 N–H and O–H groups in total. The number of ether oxygens (including phenoxy) is 1. The van der Waals surface area contributed by atoms with Gasteiger partial charge in [-0.1, -0.05) is 30.1 Å². The Morgan fingerprint density at radius 2 is 2.04 bits per heavy atom. The van der Waals surface area contributed by atoms with Crippen molar-refractivity contribution in [2.45, 2.75) is 25.8 Å². The average Bonchev–Trinajstić information content (AvgIpc) is 2.56. The van der Waals surface area contributed by atoms with Crippen molar-refractivity contribution in [3.8, 4) is 5.75 Å². The van der Waals surface area contributed by atoms with Crippen LogP contribution in [0.3, 0.4) is 0 Å². The van der Waals surface area contributed by atoms with E-state index in [1.165, 1.54) is 0 Å². The number of carbonyl (C=O) groups is 1. The van der Waals surface area contributed by atoms with Crippen LogP contribution in [0.2, 0.25) is 10.0 Å². The number of aliphatic carboxylic acids is 1. The molecule has 1 heterocycles. The number of hydrogen-bond donors (Lipinski definition) is 1. The van der Waals surface area contributed by atoms with Gasteiger partial charge in [0.15, 0.2) is 0 Å². The van der Waals surface area contributed by atoms with Crippen LogP contribution in [0.25, 0.3) is 0 Å².